The number of hydrogen-bond donors (Lipinski definition) is 2. The second-order valence-electron chi connectivity index (χ2n) is 4.82. The van der Waals surface area contributed by atoms with Crippen molar-refractivity contribution in [2.75, 3.05) is 0 Å². The number of carboxylic acid groups (broad SMARTS) is 1. The zero-order chi connectivity index (χ0) is 11.0. The Morgan fingerprint density at radius 1 is 1.20 bits per heavy atom. The molecule has 0 aromatic rings. The first-order valence-electron chi connectivity index (χ1n) is 5.58. The molecule has 0 aromatic heterocycles. The Hall–Kier alpha value is -1.06. The summed E-state index contributed by atoms with van der Waals surface area (Å²) in [6.45, 7) is 1.52. The molecule has 4 atom stereocenters. The average Bonchev–Trinajstić information content (AvgIpc) is 2.17. The molecule has 4 nitrogen and oxygen atoms in total. The van der Waals surface area contributed by atoms with Gasteiger partial charge >= 0.3 is 5.97 Å². The van der Waals surface area contributed by atoms with Gasteiger partial charge in [-0.15, -0.1) is 0 Å². The van der Waals surface area contributed by atoms with Crippen LogP contribution in [-0.2, 0) is 9.59 Å². The number of rotatable bonds is 2. The maximum Gasteiger partial charge on any atom is 0.306 e. The normalized spacial score (nSPS) is 38.7. The van der Waals surface area contributed by atoms with E-state index in [0.717, 1.165) is 25.7 Å². The van der Waals surface area contributed by atoms with E-state index in [1.165, 1.54) is 6.92 Å². The van der Waals surface area contributed by atoms with Crippen molar-refractivity contribution in [2.24, 2.45) is 17.8 Å². The molecular formula is C11H17NO3. The van der Waals surface area contributed by atoms with E-state index in [1.807, 2.05) is 0 Å². The van der Waals surface area contributed by atoms with E-state index in [2.05, 4.69) is 5.32 Å². The first kappa shape index (κ1) is 10.5. The molecule has 84 valence electrons. The highest BCUT2D eigenvalue weighted by molar-refractivity contribution is 5.73. The standard InChI is InChI=1S/C11H17NO3/c1-6(13)12-10-5-7-2-3-8(10)4-9(7)11(14)15/h7-10H,2-5H2,1H3,(H,12,13)(H,14,15). The van der Waals surface area contributed by atoms with Crippen molar-refractivity contribution in [3.63, 3.8) is 0 Å². The van der Waals surface area contributed by atoms with Crippen LogP contribution in [0.4, 0.5) is 0 Å². The highest BCUT2D eigenvalue weighted by Gasteiger charge is 2.44. The van der Waals surface area contributed by atoms with Crippen molar-refractivity contribution >= 4 is 11.9 Å². The fraction of sp³-hybridized carbons (Fsp3) is 0.818. The topological polar surface area (TPSA) is 66.4 Å². The van der Waals surface area contributed by atoms with Crippen LogP contribution in [-0.4, -0.2) is 23.0 Å². The lowest BCUT2D eigenvalue weighted by Gasteiger charge is -2.45. The summed E-state index contributed by atoms with van der Waals surface area (Å²) in [5.74, 6) is -0.191. The number of hydrogen-bond acceptors (Lipinski definition) is 2. The van der Waals surface area contributed by atoms with E-state index in [0.29, 0.717) is 5.92 Å². The molecule has 0 aromatic carbocycles. The number of fused-ring (bicyclic) bond motifs is 3. The highest BCUT2D eigenvalue weighted by Crippen LogP contribution is 2.45. The molecule has 0 aliphatic heterocycles. The van der Waals surface area contributed by atoms with Gasteiger partial charge < -0.3 is 10.4 Å². The Labute approximate surface area is 89.0 Å². The summed E-state index contributed by atoms with van der Waals surface area (Å²) >= 11 is 0. The monoisotopic (exact) mass is 211 g/mol. The predicted octanol–water partition coefficient (Wildman–Crippen LogP) is 1.01. The Kier molecular flexibility index (Phi) is 2.67. The van der Waals surface area contributed by atoms with Gasteiger partial charge in [0.25, 0.3) is 0 Å². The van der Waals surface area contributed by atoms with Crippen molar-refractivity contribution in [2.45, 2.75) is 38.6 Å². The lowest BCUT2D eigenvalue weighted by Crippen LogP contribution is -2.50. The van der Waals surface area contributed by atoms with Gasteiger partial charge in [-0.1, -0.05) is 0 Å². The summed E-state index contributed by atoms with van der Waals surface area (Å²) in [7, 11) is 0. The molecule has 15 heavy (non-hydrogen) atoms. The lowest BCUT2D eigenvalue weighted by atomic mass is 9.62. The number of carboxylic acids is 1. The Morgan fingerprint density at radius 3 is 2.33 bits per heavy atom. The molecule has 2 N–H and O–H groups in total. The van der Waals surface area contributed by atoms with E-state index >= 15 is 0 Å². The van der Waals surface area contributed by atoms with Crippen molar-refractivity contribution in [1.82, 2.24) is 5.32 Å². The molecule has 3 fully saturated rings. The average molecular weight is 211 g/mol. The van der Waals surface area contributed by atoms with E-state index in [4.69, 9.17) is 5.11 Å². The first-order chi connectivity index (χ1) is 7.08. The quantitative estimate of drug-likeness (QED) is 0.716. The van der Waals surface area contributed by atoms with Gasteiger partial charge in [-0.05, 0) is 37.5 Å². The van der Waals surface area contributed by atoms with Crippen LogP contribution in [0.25, 0.3) is 0 Å². The number of amides is 1. The van der Waals surface area contributed by atoms with E-state index in [9.17, 15) is 9.59 Å². The van der Waals surface area contributed by atoms with Gasteiger partial charge in [-0.2, -0.15) is 0 Å². The van der Waals surface area contributed by atoms with Crippen LogP contribution in [0.1, 0.15) is 32.6 Å². The molecule has 0 spiro atoms. The third kappa shape index (κ3) is 1.98. The summed E-state index contributed by atoms with van der Waals surface area (Å²) in [6, 6.07) is 0.219. The largest absolute Gasteiger partial charge is 0.481 e. The third-order valence-electron chi connectivity index (χ3n) is 3.87. The van der Waals surface area contributed by atoms with Crippen LogP contribution >= 0.6 is 0 Å². The van der Waals surface area contributed by atoms with Gasteiger partial charge in [0.05, 0.1) is 5.92 Å². The molecule has 4 heteroatoms. The molecule has 0 heterocycles. The fourth-order valence-corrected chi connectivity index (χ4v) is 3.17. The van der Waals surface area contributed by atoms with Crippen LogP contribution in [0.5, 0.6) is 0 Å². The smallest absolute Gasteiger partial charge is 0.306 e. The van der Waals surface area contributed by atoms with E-state index in [-0.39, 0.29) is 23.8 Å². The summed E-state index contributed by atoms with van der Waals surface area (Å²) in [5.41, 5.74) is 0. The molecule has 2 bridgehead atoms. The Bertz CT molecular complexity index is 290. The van der Waals surface area contributed by atoms with Crippen LogP contribution in [0.3, 0.4) is 0 Å². The Morgan fingerprint density at radius 2 is 1.87 bits per heavy atom. The van der Waals surface area contributed by atoms with Gasteiger partial charge in [0.15, 0.2) is 0 Å². The number of carbonyl (C=O) groups excluding carboxylic acids is 1. The van der Waals surface area contributed by atoms with Crippen molar-refractivity contribution < 1.29 is 14.7 Å². The summed E-state index contributed by atoms with van der Waals surface area (Å²) in [4.78, 5) is 22.0. The van der Waals surface area contributed by atoms with Crippen LogP contribution < -0.4 is 5.32 Å². The van der Waals surface area contributed by atoms with Crippen molar-refractivity contribution in [1.29, 1.82) is 0 Å². The molecule has 3 aliphatic rings. The second-order valence-corrected chi connectivity index (χ2v) is 4.82. The first-order valence-corrected chi connectivity index (χ1v) is 5.58. The van der Waals surface area contributed by atoms with Gasteiger partial charge in [0, 0.05) is 13.0 Å². The Balaban J connectivity index is 2.02. The van der Waals surface area contributed by atoms with Crippen molar-refractivity contribution in [3.8, 4) is 0 Å². The number of nitrogens with one attached hydrogen (secondary N) is 1. The van der Waals surface area contributed by atoms with Gasteiger partial charge in [0.1, 0.15) is 0 Å². The van der Waals surface area contributed by atoms with Gasteiger partial charge in [-0.25, -0.2) is 0 Å². The minimum atomic E-state index is -0.661. The summed E-state index contributed by atoms with van der Waals surface area (Å²) in [5, 5.41) is 12.0. The van der Waals surface area contributed by atoms with Gasteiger partial charge in [-0.3, -0.25) is 9.59 Å². The molecule has 3 aliphatic carbocycles. The number of carbonyl (C=O) groups is 2. The predicted molar refractivity (Wildman–Crippen MR) is 54.2 cm³/mol. The third-order valence-corrected chi connectivity index (χ3v) is 3.87. The summed E-state index contributed by atoms with van der Waals surface area (Å²) < 4.78 is 0. The van der Waals surface area contributed by atoms with Crippen molar-refractivity contribution in [3.05, 3.63) is 0 Å². The summed E-state index contributed by atoms with van der Waals surface area (Å²) in [6.07, 6.45) is 3.67. The molecule has 0 saturated heterocycles. The minimum absolute atomic E-state index is 0.000532. The maximum atomic E-state index is 11.0. The van der Waals surface area contributed by atoms with E-state index in [1.54, 1.807) is 0 Å². The minimum Gasteiger partial charge on any atom is -0.481 e. The molecule has 4 unspecified atom stereocenters. The SMILES string of the molecule is CC(=O)NC1CC2CCC1CC2C(=O)O. The molecule has 1 amide bonds. The zero-order valence-electron chi connectivity index (χ0n) is 8.90. The maximum absolute atomic E-state index is 11.0. The van der Waals surface area contributed by atoms with Crippen LogP contribution in [0, 0.1) is 17.8 Å². The lowest BCUT2D eigenvalue weighted by molar-refractivity contribution is -0.148. The highest BCUT2D eigenvalue weighted by atomic mass is 16.4. The molecule has 0 radical (unpaired) electrons. The molecule has 3 rings (SSSR count). The second kappa shape index (κ2) is 3.83. The molecular weight excluding hydrogens is 194 g/mol. The molecule has 3 saturated carbocycles. The van der Waals surface area contributed by atoms with Crippen LogP contribution in [0.15, 0.2) is 0 Å². The number of aliphatic carboxylic acids is 1. The fourth-order valence-electron chi connectivity index (χ4n) is 3.17. The van der Waals surface area contributed by atoms with E-state index < -0.39 is 5.97 Å². The van der Waals surface area contributed by atoms with Crippen LogP contribution in [0.2, 0.25) is 0 Å². The van der Waals surface area contributed by atoms with Gasteiger partial charge in [0.2, 0.25) is 5.91 Å². The zero-order valence-corrected chi connectivity index (χ0v) is 8.90.